The number of pyridine rings is 1. The van der Waals surface area contributed by atoms with Gasteiger partial charge in [0.25, 0.3) is 0 Å². The molecule has 0 saturated heterocycles. The Morgan fingerprint density at radius 2 is 1.74 bits per heavy atom. The Morgan fingerprint density at radius 3 is 2.26 bits per heavy atom. The van der Waals surface area contributed by atoms with Crippen molar-refractivity contribution in [3.8, 4) is 0 Å². The average molecular weight is 257 g/mol. The van der Waals surface area contributed by atoms with Crippen molar-refractivity contribution in [2.45, 2.75) is 44.1 Å². The molecule has 3 nitrogen and oxygen atoms in total. The van der Waals surface area contributed by atoms with Crippen LogP contribution in [0.15, 0.2) is 18.5 Å². The summed E-state index contributed by atoms with van der Waals surface area (Å²) in [7, 11) is 2.25. The second-order valence-corrected chi connectivity index (χ2v) is 7.14. The van der Waals surface area contributed by atoms with Crippen LogP contribution in [0.5, 0.6) is 0 Å². The smallest absolute Gasteiger partial charge is 0.0738 e. The van der Waals surface area contributed by atoms with Crippen LogP contribution in [0.4, 0.5) is 11.4 Å². The van der Waals surface area contributed by atoms with E-state index >= 15 is 0 Å². The minimum absolute atomic E-state index is 0.379. The van der Waals surface area contributed by atoms with E-state index < -0.39 is 0 Å². The number of nitrogens with zero attached hydrogens (tertiary/aromatic N) is 2. The Morgan fingerprint density at radius 1 is 1.16 bits per heavy atom. The molecule has 102 valence electrons. The molecule has 0 amide bonds. The monoisotopic (exact) mass is 257 g/mol. The molecule has 1 aromatic rings. The maximum Gasteiger partial charge on any atom is 0.0738 e. The molecule has 2 N–H and O–H groups in total. The third-order valence-electron chi connectivity index (χ3n) is 5.91. The number of hydrogen-bond acceptors (Lipinski definition) is 3. The van der Waals surface area contributed by atoms with Gasteiger partial charge in [0.2, 0.25) is 0 Å². The highest BCUT2D eigenvalue weighted by Crippen LogP contribution is 2.58. The van der Waals surface area contributed by atoms with Crippen molar-refractivity contribution in [3.05, 3.63) is 18.5 Å². The van der Waals surface area contributed by atoms with E-state index in [1.54, 1.807) is 6.20 Å². The van der Waals surface area contributed by atoms with Gasteiger partial charge in [0.15, 0.2) is 0 Å². The molecule has 5 rings (SSSR count). The summed E-state index contributed by atoms with van der Waals surface area (Å²) < 4.78 is 0. The third-order valence-corrected chi connectivity index (χ3v) is 5.91. The summed E-state index contributed by atoms with van der Waals surface area (Å²) in [6.07, 6.45) is 12.2. The van der Waals surface area contributed by atoms with Gasteiger partial charge < -0.3 is 10.6 Å². The molecule has 4 fully saturated rings. The molecule has 4 aliphatic carbocycles. The zero-order chi connectivity index (χ0) is 13.0. The molecule has 4 saturated carbocycles. The maximum absolute atomic E-state index is 6.14. The van der Waals surface area contributed by atoms with E-state index in [-0.39, 0.29) is 0 Å². The summed E-state index contributed by atoms with van der Waals surface area (Å²) in [5.41, 5.74) is 8.51. The second kappa shape index (κ2) is 3.87. The van der Waals surface area contributed by atoms with Crippen molar-refractivity contribution in [2.75, 3.05) is 17.7 Å². The van der Waals surface area contributed by atoms with Crippen molar-refractivity contribution in [2.24, 2.45) is 17.8 Å². The van der Waals surface area contributed by atoms with Crippen LogP contribution < -0.4 is 10.6 Å². The molecule has 1 heterocycles. The van der Waals surface area contributed by atoms with Gasteiger partial charge in [-0.05, 0) is 62.3 Å². The summed E-state index contributed by atoms with van der Waals surface area (Å²) in [5.74, 6) is 2.91. The van der Waals surface area contributed by atoms with E-state index in [4.69, 9.17) is 5.73 Å². The fourth-order valence-corrected chi connectivity index (χ4v) is 5.44. The Kier molecular flexibility index (Phi) is 2.36. The summed E-state index contributed by atoms with van der Waals surface area (Å²) >= 11 is 0. The van der Waals surface area contributed by atoms with Crippen LogP contribution in [-0.2, 0) is 0 Å². The summed E-state index contributed by atoms with van der Waals surface area (Å²) in [4.78, 5) is 6.62. The Labute approximate surface area is 115 Å². The van der Waals surface area contributed by atoms with Gasteiger partial charge in [-0.1, -0.05) is 0 Å². The Bertz CT molecular complexity index is 461. The Balaban J connectivity index is 1.70. The van der Waals surface area contributed by atoms with Crippen LogP contribution in [0.3, 0.4) is 0 Å². The van der Waals surface area contributed by atoms with Gasteiger partial charge in [-0.2, -0.15) is 0 Å². The lowest BCUT2D eigenvalue weighted by Crippen LogP contribution is -2.59. The highest BCUT2D eigenvalue weighted by atomic mass is 15.2. The van der Waals surface area contributed by atoms with E-state index in [0.29, 0.717) is 5.54 Å². The Hall–Kier alpha value is -1.25. The molecule has 1 aromatic heterocycles. The van der Waals surface area contributed by atoms with Crippen molar-refractivity contribution in [1.82, 2.24) is 4.98 Å². The van der Waals surface area contributed by atoms with Gasteiger partial charge >= 0.3 is 0 Å². The highest BCUT2D eigenvalue weighted by molar-refractivity contribution is 5.67. The number of nitrogen functional groups attached to an aromatic ring is 1. The molecule has 19 heavy (non-hydrogen) atoms. The predicted octanol–water partition coefficient (Wildman–Crippen LogP) is 3.07. The second-order valence-electron chi connectivity index (χ2n) is 7.14. The van der Waals surface area contributed by atoms with E-state index in [0.717, 1.165) is 23.4 Å². The molecule has 0 radical (unpaired) electrons. The average Bonchev–Trinajstić information content (AvgIpc) is 2.37. The van der Waals surface area contributed by atoms with Crippen LogP contribution in [0.1, 0.15) is 38.5 Å². The summed E-state index contributed by atoms with van der Waals surface area (Å²) in [6.45, 7) is 0. The standard InChI is InChI=1S/C16H23N3/c1-19(15-2-3-18-10-14(15)17)16-7-11-4-12(8-16)6-13(5-11)9-16/h2-3,10-13H,4-9,17H2,1H3. The molecule has 0 unspecified atom stereocenters. The number of anilines is 2. The lowest BCUT2D eigenvalue weighted by Gasteiger charge is -2.60. The molecular formula is C16H23N3. The lowest BCUT2D eigenvalue weighted by atomic mass is 9.52. The highest BCUT2D eigenvalue weighted by Gasteiger charge is 2.52. The van der Waals surface area contributed by atoms with Crippen molar-refractivity contribution >= 4 is 11.4 Å². The minimum Gasteiger partial charge on any atom is -0.396 e. The van der Waals surface area contributed by atoms with E-state index in [2.05, 4.69) is 23.0 Å². The number of nitrogens with two attached hydrogens (primary N) is 1. The van der Waals surface area contributed by atoms with Crippen LogP contribution in [0.25, 0.3) is 0 Å². The van der Waals surface area contributed by atoms with Gasteiger partial charge in [0.05, 0.1) is 17.6 Å². The van der Waals surface area contributed by atoms with Crippen LogP contribution in [0, 0.1) is 17.8 Å². The fourth-order valence-electron chi connectivity index (χ4n) is 5.44. The molecular weight excluding hydrogens is 234 g/mol. The first-order chi connectivity index (χ1) is 9.16. The van der Waals surface area contributed by atoms with E-state index in [1.807, 2.05) is 6.20 Å². The molecule has 0 aliphatic heterocycles. The molecule has 0 aromatic carbocycles. The van der Waals surface area contributed by atoms with Gasteiger partial charge in [0, 0.05) is 18.8 Å². The molecule has 3 heteroatoms. The van der Waals surface area contributed by atoms with Crippen LogP contribution in [0.2, 0.25) is 0 Å². The van der Waals surface area contributed by atoms with Crippen LogP contribution in [-0.4, -0.2) is 17.6 Å². The van der Waals surface area contributed by atoms with Crippen LogP contribution >= 0.6 is 0 Å². The normalized spacial score (nSPS) is 39.5. The van der Waals surface area contributed by atoms with E-state index in [1.165, 1.54) is 44.2 Å². The van der Waals surface area contributed by atoms with Crippen molar-refractivity contribution in [1.29, 1.82) is 0 Å². The maximum atomic E-state index is 6.14. The minimum atomic E-state index is 0.379. The third kappa shape index (κ3) is 1.67. The number of hydrogen-bond donors (Lipinski definition) is 1. The van der Waals surface area contributed by atoms with Gasteiger partial charge in [-0.3, -0.25) is 4.98 Å². The number of rotatable bonds is 2. The molecule has 4 aliphatic rings. The fraction of sp³-hybridized carbons (Fsp3) is 0.688. The first-order valence-electron chi connectivity index (χ1n) is 7.60. The largest absolute Gasteiger partial charge is 0.396 e. The predicted molar refractivity (Wildman–Crippen MR) is 78.0 cm³/mol. The first kappa shape index (κ1) is 11.6. The van der Waals surface area contributed by atoms with Gasteiger partial charge in [-0.15, -0.1) is 0 Å². The van der Waals surface area contributed by atoms with Crippen molar-refractivity contribution < 1.29 is 0 Å². The molecule has 0 atom stereocenters. The van der Waals surface area contributed by atoms with E-state index in [9.17, 15) is 0 Å². The lowest BCUT2D eigenvalue weighted by molar-refractivity contribution is -0.00196. The zero-order valence-electron chi connectivity index (χ0n) is 11.7. The van der Waals surface area contributed by atoms with Gasteiger partial charge in [0.1, 0.15) is 0 Å². The SMILES string of the molecule is CN(c1ccncc1N)C12CC3CC(CC(C3)C1)C2. The first-order valence-corrected chi connectivity index (χ1v) is 7.60. The quantitative estimate of drug-likeness (QED) is 0.885. The van der Waals surface area contributed by atoms with Crippen molar-refractivity contribution in [3.63, 3.8) is 0 Å². The molecule has 0 spiro atoms. The van der Waals surface area contributed by atoms with Gasteiger partial charge in [-0.25, -0.2) is 0 Å². The molecule has 4 bridgehead atoms. The topological polar surface area (TPSA) is 42.2 Å². The number of aromatic nitrogens is 1. The summed E-state index contributed by atoms with van der Waals surface area (Å²) in [6, 6.07) is 2.08. The summed E-state index contributed by atoms with van der Waals surface area (Å²) in [5, 5.41) is 0. The zero-order valence-corrected chi connectivity index (χ0v) is 11.7.